The number of hydrogen-bond donors (Lipinski definition) is 1. The van der Waals surface area contributed by atoms with Gasteiger partial charge in [0, 0.05) is 19.0 Å². The lowest BCUT2D eigenvalue weighted by molar-refractivity contribution is -0.137. The molecule has 1 heterocycles. The van der Waals surface area contributed by atoms with Gasteiger partial charge in [-0.25, -0.2) is 4.79 Å². The zero-order valence-corrected chi connectivity index (χ0v) is 12.2. The molecule has 1 unspecified atom stereocenters. The average Bonchev–Trinajstić information content (AvgIpc) is 2.91. The molecule has 1 aromatic carbocycles. The molecule has 1 fully saturated rings. The van der Waals surface area contributed by atoms with Crippen LogP contribution in [0.2, 0.25) is 0 Å². The molecule has 0 aliphatic carbocycles. The minimum Gasteiger partial charge on any atom is -0.481 e. The molecule has 1 saturated heterocycles. The number of esters is 1. The van der Waals surface area contributed by atoms with Crippen LogP contribution in [0.4, 0.5) is 0 Å². The van der Waals surface area contributed by atoms with Gasteiger partial charge in [-0.2, -0.15) is 0 Å². The summed E-state index contributed by atoms with van der Waals surface area (Å²) in [6.45, 7) is 1.72. The topological polar surface area (TPSA) is 66.8 Å². The first-order valence-electron chi connectivity index (χ1n) is 7.23. The van der Waals surface area contributed by atoms with Crippen LogP contribution in [0.5, 0.6) is 0 Å². The monoisotopic (exact) mass is 291 g/mol. The van der Waals surface area contributed by atoms with E-state index in [4.69, 9.17) is 9.84 Å². The number of carboxylic acid groups (broad SMARTS) is 1. The number of benzene rings is 1. The summed E-state index contributed by atoms with van der Waals surface area (Å²) in [5, 5.41) is 8.80. The summed E-state index contributed by atoms with van der Waals surface area (Å²) in [5.74, 6) is -1.07. The zero-order chi connectivity index (χ0) is 15.2. The van der Waals surface area contributed by atoms with Gasteiger partial charge in [-0.3, -0.25) is 9.69 Å². The van der Waals surface area contributed by atoms with Gasteiger partial charge in [-0.1, -0.05) is 12.1 Å². The van der Waals surface area contributed by atoms with E-state index in [-0.39, 0.29) is 12.4 Å². The lowest BCUT2D eigenvalue weighted by Gasteiger charge is -2.24. The molecule has 114 valence electrons. The van der Waals surface area contributed by atoms with Crippen molar-refractivity contribution in [3.05, 3.63) is 35.4 Å². The van der Waals surface area contributed by atoms with E-state index in [9.17, 15) is 9.59 Å². The Labute approximate surface area is 124 Å². The highest BCUT2D eigenvalue weighted by atomic mass is 16.5. The van der Waals surface area contributed by atoms with Crippen molar-refractivity contribution in [3.8, 4) is 0 Å². The van der Waals surface area contributed by atoms with E-state index in [1.165, 1.54) is 7.11 Å². The first kappa shape index (κ1) is 15.5. The molecular formula is C16H21NO4. The van der Waals surface area contributed by atoms with Gasteiger partial charge in [-0.05, 0) is 43.5 Å². The number of likely N-dealkylation sites (tertiary alicyclic amines) is 1. The van der Waals surface area contributed by atoms with Gasteiger partial charge in [0.1, 0.15) is 0 Å². The summed E-state index contributed by atoms with van der Waals surface area (Å²) in [7, 11) is 1.37. The highest BCUT2D eigenvalue weighted by Gasteiger charge is 2.25. The molecule has 1 aliphatic rings. The van der Waals surface area contributed by atoms with E-state index in [0.29, 0.717) is 18.0 Å². The van der Waals surface area contributed by atoms with E-state index in [1.54, 1.807) is 6.07 Å². The van der Waals surface area contributed by atoms with E-state index in [0.717, 1.165) is 31.5 Å². The third-order valence-electron chi connectivity index (χ3n) is 3.92. The molecule has 0 radical (unpaired) electrons. The van der Waals surface area contributed by atoms with Gasteiger partial charge in [-0.15, -0.1) is 0 Å². The van der Waals surface area contributed by atoms with Crippen LogP contribution in [0, 0.1) is 0 Å². The molecule has 0 aromatic heterocycles. The molecule has 0 spiro atoms. The largest absolute Gasteiger partial charge is 0.481 e. The van der Waals surface area contributed by atoms with Crippen LogP contribution in [0.15, 0.2) is 24.3 Å². The Balaban J connectivity index is 2.00. The maximum atomic E-state index is 11.5. The fraction of sp³-hybridized carbons (Fsp3) is 0.500. The number of carbonyl (C=O) groups excluding carboxylic acids is 1. The second kappa shape index (κ2) is 7.22. The fourth-order valence-electron chi connectivity index (χ4n) is 2.87. The van der Waals surface area contributed by atoms with Crippen molar-refractivity contribution < 1.29 is 19.4 Å². The number of ether oxygens (including phenoxy) is 1. The Morgan fingerprint density at radius 3 is 2.95 bits per heavy atom. The molecular weight excluding hydrogens is 270 g/mol. The van der Waals surface area contributed by atoms with Crippen molar-refractivity contribution in [1.29, 1.82) is 0 Å². The Hall–Kier alpha value is -1.88. The van der Waals surface area contributed by atoms with Crippen LogP contribution in [-0.2, 0) is 16.1 Å². The van der Waals surface area contributed by atoms with Crippen molar-refractivity contribution in [1.82, 2.24) is 4.90 Å². The Morgan fingerprint density at radius 1 is 1.43 bits per heavy atom. The van der Waals surface area contributed by atoms with Crippen molar-refractivity contribution in [2.24, 2.45) is 0 Å². The van der Waals surface area contributed by atoms with E-state index < -0.39 is 5.97 Å². The summed E-state index contributed by atoms with van der Waals surface area (Å²) >= 11 is 0. The Bertz CT molecular complexity index is 515. The SMILES string of the molecule is COC(=O)c1cccc(CN2CCCC2CCC(=O)O)c1. The summed E-state index contributed by atoms with van der Waals surface area (Å²) in [5.41, 5.74) is 1.61. The second-order valence-corrected chi connectivity index (χ2v) is 5.39. The molecule has 1 atom stereocenters. The zero-order valence-electron chi connectivity index (χ0n) is 12.2. The average molecular weight is 291 g/mol. The van der Waals surface area contributed by atoms with Crippen LogP contribution in [0.25, 0.3) is 0 Å². The molecule has 0 amide bonds. The summed E-state index contributed by atoms with van der Waals surface area (Å²) in [6.07, 6.45) is 3.04. The molecule has 5 heteroatoms. The maximum absolute atomic E-state index is 11.5. The van der Waals surface area contributed by atoms with Crippen LogP contribution in [0.1, 0.15) is 41.6 Å². The number of rotatable bonds is 6. The van der Waals surface area contributed by atoms with Crippen LogP contribution in [-0.4, -0.2) is 41.6 Å². The molecule has 0 saturated carbocycles. The summed E-state index contributed by atoms with van der Waals surface area (Å²) in [6, 6.07) is 7.74. The quantitative estimate of drug-likeness (QED) is 0.815. The highest BCUT2D eigenvalue weighted by Crippen LogP contribution is 2.23. The van der Waals surface area contributed by atoms with Gasteiger partial charge in [0.25, 0.3) is 0 Å². The number of carbonyl (C=O) groups is 2. The fourth-order valence-corrected chi connectivity index (χ4v) is 2.87. The van der Waals surface area contributed by atoms with E-state index in [2.05, 4.69) is 4.90 Å². The van der Waals surface area contributed by atoms with Crippen molar-refractivity contribution in [2.75, 3.05) is 13.7 Å². The third-order valence-corrected chi connectivity index (χ3v) is 3.92. The maximum Gasteiger partial charge on any atom is 0.337 e. The number of aliphatic carboxylic acids is 1. The van der Waals surface area contributed by atoms with Crippen molar-refractivity contribution >= 4 is 11.9 Å². The van der Waals surface area contributed by atoms with E-state index in [1.807, 2.05) is 18.2 Å². The minimum atomic E-state index is -0.741. The van der Waals surface area contributed by atoms with Crippen LogP contribution < -0.4 is 0 Å². The van der Waals surface area contributed by atoms with Gasteiger partial charge in [0.15, 0.2) is 0 Å². The molecule has 2 rings (SSSR count). The first-order chi connectivity index (χ1) is 10.1. The second-order valence-electron chi connectivity index (χ2n) is 5.39. The van der Waals surface area contributed by atoms with Crippen molar-refractivity contribution in [2.45, 2.75) is 38.3 Å². The predicted molar refractivity (Wildman–Crippen MR) is 78.1 cm³/mol. The third kappa shape index (κ3) is 4.29. The lowest BCUT2D eigenvalue weighted by atomic mass is 10.1. The molecule has 21 heavy (non-hydrogen) atoms. The van der Waals surface area contributed by atoms with Crippen LogP contribution in [0.3, 0.4) is 0 Å². The number of hydrogen-bond acceptors (Lipinski definition) is 4. The number of nitrogens with zero attached hydrogens (tertiary/aromatic N) is 1. The first-order valence-corrected chi connectivity index (χ1v) is 7.23. The van der Waals surface area contributed by atoms with Gasteiger partial charge >= 0.3 is 11.9 Å². The Morgan fingerprint density at radius 2 is 2.24 bits per heavy atom. The van der Waals surface area contributed by atoms with Gasteiger partial charge in [0.2, 0.25) is 0 Å². The highest BCUT2D eigenvalue weighted by molar-refractivity contribution is 5.89. The van der Waals surface area contributed by atoms with Gasteiger partial charge in [0.05, 0.1) is 12.7 Å². The van der Waals surface area contributed by atoms with Gasteiger partial charge < -0.3 is 9.84 Å². The molecule has 5 nitrogen and oxygen atoms in total. The Kier molecular flexibility index (Phi) is 5.33. The minimum absolute atomic E-state index is 0.212. The van der Waals surface area contributed by atoms with Crippen LogP contribution >= 0.6 is 0 Å². The molecule has 1 aromatic rings. The summed E-state index contributed by atoms with van der Waals surface area (Å²) in [4.78, 5) is 24.6. The predicted octanol–water partition coefficient (Wildman–Crippen LogP) is 2.30. The normalized spacial score (nSPS) is 18.6. The smallest absolute Gasteiger partial charge is 0.337 e. The number of carboxylic acids is 1. The van der Waals surface area contributed by atoms with E-state index >= 15 is 0 Å². The molecule has 1 N–H and O–H groups in total. The molecule has 0 bridgehead atoms. The van der Waals surface area contributed by atoms with Crippen molar-refractivity contribution in [3.63, 3.8) is 0 Å². The number of methoxy groups -OCH3 is 1. The lowest BCUT2D eigenvalue weighted by Crippen LogP contribution is -2.29. The molecule has 1 aliphatic heterocycles. The summed E-state index contributed by atoms with van der Waals surface area (Å²) < 4.78 is 4.73. The standard InChI is InChI=1S/C16H21NO4/c1-21-16(20)13-5-2-4-12(10-13)11-17-9-3-6-14(17)7-8-15(18)19/h2,4-5,10,14H,3,6-9,11H2,1H3,(H,18,19).